The lowest BCUT2D eigenvalue weighted by molar-refractivity contribution is 0.100. The number of hydrogen-bond acceptors (Lipinski definition) is 5. The van der Waals surface area contributed by atoms with Crippen molar-refractivity contribution in [2.75, 3.05) is 13.1 Å². The summed E-state index contributed by atoms with van der Waals surface area (Å²) in [5.41, 5.74) is 6.49. The molecule has 1 aliphatic carbocycles. The van der Waals surface area contributed by atoms with Crippen LogP contribution in [0.1, 0.15) is 40.3 Å². The normalized spacial score (nSPS) is 21.8. The molecule has 1 saturated carbocycles. The number of carbonyl (C=O) groups is 1. The monoisotopic (exact) mass is 359 g/mol. The first-order valence-electron chi connectivity index (χ1n) is 8.86. The first-order chi connectivity index (χ1) is 12.1. The van der Waals surface area contributed by atoms with Crippen molar-refractivity contribution in [2.45, 2.75) is 38.4 Å². The smallest absolute Gasteiger partial charge is 0.249 e. The molecule has 25 heavy (non-hydrogen) atoms. The van der Waals surface area contributed by atoms with Crippen molar-refractivity contribution in [1.82, 2.24) is 19.8 Å². The molecule has 2 aromatic heterocycles. The van der Waals surface area contributed by atoms with Gasteiger partial charge in [0.2, 0.25) is 5.91 Å². The van der Waals surface area contributed by atoms with Gasteiger partial charge in [-0.05, 0) is 43.8 Å². The van der Waals surface area contributed by atoms with Crippen LogP contribution in [0, 0.1) is 5.41 Å². The number of nitrogens with one attached hydrogen (secondary N) is 1. The van der Waals surface area contributed by atoms with Crippen LogP contribution >= 0.6 is 11.3 Å². The predicted molar refractivity (Wildman–Crippen MR) is 98.2 cm³/mol. The predicted octanol–water partition coefficient (Wildman–Crippen LogP) is 1.72. The largest absolute Gasteiger partial charge is 0.366 e. The highest BCUT2D eigenvalue weighted by Gasteiger charge is 2.56. The van der Waals surface area contributed by atoms with Crippen LogP contribution in [0.4, 0.5) is 0 Å². The summed E-state index contributed by atoms with van der Waals surface area (Å²) < 4.78 is 2.09. The summed E-state index contributed by atoms with van der Waals surface area (Å²) in [5.74, 6) is 0.738. The second-order valence-electron chi connectivity index (χ2n) is 7.36. The molecule has 2 aromatic rings. The minimum absolute atomic E-state index is 0.348. The Morgan fingerprint density at radius 1 is 1.48 bits per heavy atom. The van der Waals surface area contributed by atoms with Gasteiger partial charge >= 0.3 is 0 Å². The van der Waals surface area contributed by atoms with E-state index in [2.05, 4.69) is 19.8 Å². The van der Waals surface area contributed by atoms with Gasteiger partial charge in [-0.1, -0.05) is 0 Å². The number of nitrogens with zero attached hydrogens (tertiary/aromatic N) is 3. The highest BCUT2D eigenvalue weighted by atomic mass is 32.1. The third-order valence-electron chi connectivity index (χ3n) is 5.75. The number of nitrogens with two attached hydrogens (primary N) is 1. The Morgan fingerprint density at radius 2 is 2.28 bits per heavy atom. The van der Waals surface area contributed by atoms with Crippen LogP contribution in [0.25, 0.3) is 0 Å². The molecule has 1 unspecified atom stereocenters. The van der Waals surface area contributed by atoms with Crippen molar-refractivity contribution in [2.24, 2.45) is 18.2 Å². The Balaban J connectivity index is 1.53. The average molecular weight is 359 g/mol. The van der Waals surface area contributed by atoms with Crippen LogP contribution in [-0.4, -0.2) is 39.5 Å². The minimum Gasteiger partial charge on any atom is -0.366 e. The van der Waals surface area contributed by atoms with Gasteiger partial charge < -0.3 is 15.6 Å². The molecule has 2 aliphatic rings. The number of aromatic nitrogens is 2. The zero-order valence-electron chi connectivity index (χ0n) is 14.6. The molecule has 1 saturated heterocycles. The number of carbonyl (C=O) groups excluding carboxylic acids is 1. The molecule has 6 nitrogen and oxygen atoms in total. The highest BCUT2D eigenvalue weighted by molar-refractivity contribution is 7.10. The molecule has 3 N–H and O–H groups in total. The number of imidazole rings is 1. The third-order valence-corrected chi connectivity index (χ3v) is 6.67. The Hall–Kier alpha value is -1.70. The van der Waals surface area contributed by atoms with E-state index in [1.807, 2.05) is 30.9 Å². The molecule has 1 atom stereocenters. The van der Waals surface area contributed by atoms with Gasteiger partial charge in [-0.2, -0.15) is 0 Å². The number of hydrogen-bond donors (Lipinski definition) is 2. The van der Waals surface area contributed by atoms with Gasteiger partial charge in [0, 0.05) is 42.3 Å². The first-order valence-corrected chi connectivity index (χ1v) is 9.73. The molecule has 7 heteroatoms. The van der Waals surface area contributed by atoms with E-state index in [1.165, 1.54) is 24.1 Å². The average Bonchev–Trinajstić information content (AvgIpc) is 2.95. The summed E-state index contributed by atoms with van der Waals surface area (Å²) in [6.07, 6.45) is 7.64. The van der Waals surface area contributed by atoms with Crippen molar-refractivity contribution in [3.05, 3.63) is 40.1 Å². The van der Waals surface area contributed by atoms with Gasteiger partial charge in [-0.25, -0.2) is 4.98 Å². The Morgan fingerprint density at radius 3 is 2.92 bits per heavy atom. The molecule has 1 amide bonds. The van der Waals surface area contributed by atoms with Crippen LogP contribution in [-0.2, 0) is 20.1 Å². The maximum atomic E-state index is 11.4. The summed E-state index contributed by atoms with van der Waals surface area (Å²) in [6.45, 7) is 3.94. The number of amides is 1. The van der Waals surface area contributed by atoms with Gasteiger partial charge in [0.1, 0.15) is 5.82 Å². The van der Waals surface area contributed by atoms with Crippen LogP contribution in [0.3, 0.4) is 0 Å². The van der Waals surface area contributed by atoms with Gasteiger partial charge in [0.25, 0.3) is 0 Å². The maximum Gasteiger partial charge on any atom is 0.249 e. The quantitative estimate of drug-likeness (QED) is 0.823. The topological polar surface area (TPSA) is 76.2 Å². The third kappa shape index (κ3) is 3.36. The molecule has 0 bridgehead atoms. The number of primary amides is 1. The highest BCUT2D eigenvalue weighted by Crippen LogP contribution is 2.56. The molecule has 3 heterocycles. The molecule has 1 aliphatic heterocycles. The van der Waals surface area contributed by atoms with Crippen LogP contribution in [0.15, 0.2) is 23.8 Å². The zero-order chi connectivity index (χ0) is 17.4. The van der Waals surface area contributed by atoms with Gasteiger partial charge in [0.05, 0.1) is 12.1 Å². The number of rotatable bonds is 6. The van der Waals surface area contributed by atoms with Gasteiger partial charge in [-0.3, -0.25) is 9.69 Å². The number of aryl methyl sites for hydroxylation is 1. The Bertz CT molecular complexity index is 761. The zero-order valence-corrected chi connectivity index (χ0v) is 15.4. The summed E-state index contributed by atoms with van der Waals surface area (Å²) >= 11 is 1.62. The lowest BCUT2D eigenvalue weighted by atomic mass is 9.93. The Labute approximate surface area is 152 Å². The minimum atomic E-state index is -0.348. The van der Waals surface area contributed by atoms with E-state index in [9.17, 15) is 4.79 Å². The fourth-order valence-electron chi connectivity index (χ4n) is 4.10. The van der Waals surface area contributed by atoms with Gasteiger partial charge in [-0.15, -0.1) is 11.3 Å². The maximum absolute atomic E-state index is 11.4. The van der Waals surface area contributed by atoms with E-state index in [-0.39, 0.29) is 5.91 Å². The van der Waals surface area contributed by atoms with Gasteiger partial charge in [0.15, 0.2) is 0 Å². The summed E-state index contributed by atoms with van der Waals surface area (Å²) in [5, 5.41) is 5.34. The van der Waals surface area contributed by atoms with Crippen molar-refractivity contribution in [1.29, 1.82) is 0 Å². The lowest BCUT2D eigenvalue weighted by Gasteiger charge is -2.29. The Kier molecular flexibility index (Phi) is 4.39. The molecule has 0 aromatic carbocycles. The molecule has 0 radical (unpaired) electrons. The number of thiophene rings is 1. The number of piperidine rings is 1. The van der Waals surface area contributed by atoms with Crippen LogP contribution in [0.2, 0.25) is 0 Å². The summed E-state index contributed by atoms with van der Waals surface area (Å²) in [4.78, 5) is 19.6. The van der Waals surface area contributed by atoms with E-state index in [1.54, 1.807) is 11.3 Å². The molecule has 134 valence electrons. The van der Waals surface area contributed by atoms with Crippen LogP contribution in [0.5, 0.6) is 0 Å². The van der Waals surface area contributed by atoms with E-state index in [4.69, 9.17) is 5.73 Å². The summed E-state index contributed by atoms with van der Waals surface area (Å²) in [6, 6.07) is 2.54. The summed E-state index contributed by atoms with van der Waals surface area (Å²) in [7, 11) is 2.05. The SMILES string of the molecule is Cn1ccnc1CN(Cc1cc(C(N)=O)cs1)C1CC12CCNCC2. The second-order valence-corrected chi connectivity index (χ2v) is 8.35. The fraction of sp³-hybridized carbons (Fsp3) is 0.556. The van der Waals surface area contributed by atoms with Crippen molar-refractivity contribution in [3.63, 3.8) is 0 Å². The molecular formula is C18H25N5OS. The van der Waals surface area contributed by atoms with Crippen molar-refractivity contribution in [3.8, 4) is 0 Å². The molecule has 4 rings (SSSR count). The lowest BCUT2D eigenvalue weighted by Crippen LogP contribution is -2.36. The van der Waals surface area contributed by atoms with E-state index < -0.39 is 0 Å². The molecule has 2 fully saturated rings. The molecule has 1 spiro atoms. The van der Waals surface area contributed by atoms with Crippen molar-refractivity contribution < 1.29 is 4.79 Å². The standard InChI is InChI=1S/C18H25N5OS/c1-22-7-6-21-16(22)11-23(10-14-8-13(12-25-14)17(19)24)15-9-18(15)2-4-20-5-3-18/h6-8,12,15,20H,2-5,9-11H2,1H3,(H2,19,24). The fourth-order valence-corrected chi connectivity index (χ4v) is 5.00. The van der Waals surface area contributed by atoms with E-state index >= 15 is 0 Å². The van der Waals surface area contributed by atoms with Crippen molar-refractivity contribution >= 4 is 17.2 Å². The van der Waals surface area contributed by atoms with Crippen LogP contribution < -0.4 is 11.1 Å². The molecular weight excluding hydrogens is 334 g/mol. The first kappa shape index (κ1) is 16.8. The van der Waals surface area contributed by atoms with E-state index in [0.29, 0.717) is 17.0 Å². The van der Waals surface area contributed by atoms with E-state index in [0.717, 1.165) is 32.0 Å². The second kappa shape index (κ2) is 6.55.